The normalized spacial score (nSPS) is 25.4. The number of nitrogens with zero attached hydrogens (tertiary/aromatic N) is 3. The second-order valence-electron chi connectivity index (χ2n) is 9.50. The number of benzene rings is 1. The van der Waals surface area contributed by atoms with Gasteiger partial charge in [-0.15, -0.1) is 0 Å². The lowest BCUT2D eigenvalue weighted by Gasteiger charge is -2.42. The Kier molecular flexibility index (Phi) is 6.97. The Morgan fingerprint density at radius 2 is 1.82 bits per heavy atom. The molecule has 2 aromatic rings. The molecule has 10 heteroatoms. The molecule has 0 spiro atoms. The Balaban J connectivity index is 1.50. The zero-order chi connectivity index (χ0) is 24.6. The summed E-state index contributed by atoms with van der Waals surface area (Å²) in [6, 6.07) is 2.17. The molecule has 2 aliphatic rings. The summed E-state index contributed by atoms with van der Waals surface area (Å²) in [5.41, 5.74) is -0.784. The summed E-state index contributed by atoms with van der Waals surface area (Å²) in [6.07, 6.45) is 4.06. The van der Waals surface area contributed by atoms with Crippen LogP contribution in [0.4, 0.5) is 13.2 Å². The molecule has 34 heavy (non-hydrogen) atoms. The van der Waals surface area contributed by atoms with Gasteiger partial charge in [0, 0.05) is 57.5 Å². The van der Waals surface area contributed by atoms with Crippen LogP contribution in [0.5, 0.6) is 0 Å². The summed E-state index contributed by atoms with van der Waals surface area (Å²) in [4.78, 5) is 29.7. The van der Waals surface area contributed by atoms with Crippen LogP contribution in [-0.4, -0.2) is 66.0 Å². The second kappa shape index (κ2) is 9.77. The molecule has 184 valence electrons. The monoisotopic (exact) mass is 478 g/mol. The van der Waals surface area contributed by atoms with Gasteiger partial charge < -0.3 is 14.7 Å². The number of piperidine rings is 1. The SMILES string of the molecule is C[C@@H]1CCC[C@H]1N1CC[C@H](NC(=O)c2cc(-c3c(F)cc(F)cc3F)on2)[C@@H](C(=O)N(C)C)C1. The van der Waals surface area contributed by atoms with Crippen LogP contribution < -0.4 is 5.32 Å². The van der Waals surface area contributed by atoms with E-state index in [0.717, 1.165) is 19.0 Å². The highest BCUT2D eigenvalue weighted by molar-refractivity contribution is 5.94. The maximum Gasteiger partial charge on any atom is 0.273 e. The third kappa shape index (κ3) is 4.82. The molecule has 1 saturated carbocycles. The van der Waals surface area contributed by atoms with Crippen LogP contribution in [0.2, 0.25) is 0 Å². The number of aromatic nitrogens is 1. The number of rotatable bonds is 5. The van der Waals surface area contributed by atoms with E-state index in [1.807, 2.05) is 0 Å². The highest BCUT2D eigenvalue weighted by Crippen LogP contribution is 2.33. The van der Waals surface area contributed by atoms with Crippen molar-refractivity contribution in [3.63, 3.8) is 0 Å². The molecule has 0 radical (unpaired) electrons. The first-order valence-corrected chi connectivity index (χ1v) is 11.5. The van der Waals surface area contributed by atoms with Crippen LogP contribution in [0.3, 0.4) is 0 Å². The van der Waals surface area contributed by atoms with Crippen molar-refractivity contribution in [3.8, 4) is 11.3 Å². The second-order valence-corrected chi connectivity index (χ2v) is 9.50. The molecule has 2 heterocycles. The average Bonchev–Trinajstić information content (AvgIpc) is 3.42. The molecule has 1 aromatic carbocycles. The minimum absolute atomic E-state index is 0.0723. The van der Waals surface area contributed by atoms with Gasteiger partial charge in [-0.05, 0) is 25.2 Å². The number of hydrogen-bond donors (Lipinski definition) is 1. The van der Waals surface area contributed by atoms with Crippen LogP contribution in [0.15, 0.2) is 22.7 Å². The summed E-state index contributed by atoms with van der Waals surface area (Å²) >= 11 is 0. The first-order valence-electron chi connectivity index (χ1n) is 11.5. The Hall–Kier alpha value is -2.88. The molecule has 4 rings (SSSR count). The van der Waals surface area contributed by atoms with E-state index in [2.05, 4.69) is 22.3 Å². The molecule has 1 aliphatic carbocycles. The van der Waals surface area contributed by atoms with Gasteiger partial charge in [-0.1, -0.05) is 18.5 Å². The van der Waals surface area contributed by atoms with E-state index in [4.69, 9.17) is 4.52 Å². The van der Waals surface area contributed by atoms with Crippen molar-refractivity contribution >= 4 is 11.8 Å². The van der Waals surface area contributed by atoms with E-state index in [1.165, 1.54) is 17.7 Å². The van der Waals surface area contributed by atoms with Crippen LogP contribution in [0.25, 0.3) is 11.3 Å². The fourth-order valence-corrected chi connectivity index (χ4v) is 5.22. The number of likely N-dealkylation sites (tertiary alicyclic amines) is 1. The molecule has 1 N–H and O–H groups in total. The highest BCUT2D eigenvalue weighted by Gasteiger charge is 2.40. The lowest BCUT2D eigenvalue weighted by atomic mass is 9.88. The van der Waals surface area contributed by atoms with Crippen LogP contribution >= 0.6 is 0 Å². The van der Waals surface area contributed by atoms with Crippen LogP contribution in [-0.2, 0) is 4.79 Å². The lowest BCUT2D eigenvalue weighted by molar-refractivity contribution is -0.136. The smallest absolute Gasteiger partial charge is 0.273 e. The fraction of sp³-hybridized carbons (Fsp3) is 0.542. The third-order valence-electron chi connectivity index (χ3n) is 7.00. The molecule has 1 aromatic heterocycles. The van der Waals surface area contributed by atoms with Gasteiger partial charge in [0.05, 0.1) is 11.5 Å². The van der Waals surface area contributed by atoms with E-state index in [1.54, 1.807) is 14.1 Å². The van der Waals surface area contributed by atoms with Crippen molar-refractivity contribution in [2.24, 2.45) is 11.8 Å². The lowest BCUT2D eigenvalue weighted by Crippen LogP contribution is -2.57. The summed E-state index contributed by atoms with van der Waals surface area (Å²) in [5, 5.41) is 6.50. The molecule has 2 fully saturated rings. The Morgan fingerprint density at radius 3 is 2.44 bits per heavy atom. The molecule has 0 bridgehead atoms. The Morgan fingerprint density at radius 1 is 1.12 bits per heavy atom. The number of amides is 2. The topological polar surface area (TPSA) is 78.7 Å². The van der Waals surface area contributed by atoms with Gasteiger partial charge in [0.1, 0.15) is 17.5 Å². The van der Waals surface area contributed by atoms with Crippen molar-refractivity contribution in [2.75, 3.05) is 27.2 Å². The van der Waals surface area contributed by atoms with Crippen molar-refractivity contribution in [1.29, 1.82) is 0 Å². The van der Waals surface area contributed by atoms with Gasteiger partial charge in [-0.3, -0.25) is 14.5 Å². The van der Waals surface area contributed by atoms with Crippen molar-refractivity contribution in [1.82, 2.24) is 20.3 Å². The van der Waals surface area contributed by atoms with Gasteiger partial charge in [-0.2, -0.15) is 0 Å². The largest absolute Gasteiger partial charge is 0.355 e. The summed E-state index contributed by atoms with van der Waals surface area (Å²) in [5.74, 6) is -4.26. The van der Waals surface area contributed by atoms with Crippen molar-refractivity contribution < 1.29 is 27.3 Å². The predicted octanol–water partition coefficient (Wildman–Crippen LogP) is 3.46. The standard InChI is InChI=1S/C24H29F3N4O3/c1-13-5-4-6-20(13)31-8-7-18(15(12-31)24(33)30(2)3)28-23(32)19-11-21(34-29-19)22-16(26)9-14(25)10-17(22)27/h9-11,13,15,18,20H,4-8,12H2,1-3H3,(H,28,32)/t13-,15+,18+,20-/m1/s1. The number of carbonyl (C=O) groups is 2. The van der Waals surface area contributed by atoms with Gasteiger partial charge in [0.25, 0.3) is 5.91 Å². The van der Waals surface area contributed by atoms with Gasteiger partial charge >= 0.3 is 0 Å². The molecule has 7 nitrogen and oxygen atoms in total. The van der Waals surface area contributed by atoms with Gasteiger partial charge in [-0.25, -0.2) is 13.2 Å². The van der Waals surface area contributed by atoms with E-state index < -0.39 is 40.9 Å². The van der Waals surface area contributed by atoms with Gasteiger partial charge in [0.2, 0.25) is 5.91 Å². The first kappa shape index (κ1) is 24.3. The molecule has 4 atom stereocenters. The van der Waals surface area contributed by atoms with Crippen LogP contribution in [0.1, 0.15) is 43.1 Å². The highest BCUT2D eigenvalue weighted by atomic mass is 19.1. The quantitative estimate of drug-likeness (QED) is 0.712. The van der Waals surface area contributed by atoms with Gasteiger partial charge in [0.15, 0.2) is 11.5 Å². The van der Waals surface area contributed by atoms with E-state index >= 15 is 0 Å². The summed E-state index contributed by atoms with van der Waals surface area (Å²) in [6.45, 7) is 3.55. The molecule has 2 amide bonds. The number of halogens is 3. The first-order chi connectivity index (χ1) is 16.2. The molecule has 1 saturated heterocycles. The van der Waals surface area contributed by atoms with Crippen molar-refractivity contribution in [3.05, 3.63) is 41.3 Å². The predicted molar refractivity (Wildman–Crippen MR) is 118 cm³/mol. The molecular weight excluding hydrogens is 449 g/mol. The van der Waals surface area contributed by atoms with E-state index in [0.29, 0.717) is 37.1 Å². The number of nitrogens with one attached hydrogen (secondary N) is 1. The van der Waals surface area contributed by atoms with E-state index in [-0.39, 0.29) is 17.4 Å². The zero-order valence-corrected chi connectivity index (χ0v) is 19.5. The van der Waals surface area contributed by atoms with E-state index in [9.17, 15) is 22.8 Å². The third-order valence-corrected chi connectivity index (χ3v) is 7.00. The number of hydrogen-bond acceptors (Lipinski definition) is 5. The minimum Gasteiger partial charge on any atom is -0.355 e. The molecule has 0 unspecified atom stereocenters. The minimum atomic E-state index is -1.16. The Bertz CT molecular complexity index is 1050. The zero-order valence-electron chi connectivity index (χ0n) is 19.5. The van der Waals surface area contributed by atoms with Crippen molar-refractivity contribution in [2.45, 2.75) is 44.7 Å². The Labute approximate surface area is 196 Å². The summed E-state index contributed by atoms with van der Waals surface area (Å²) in [7, 11) is 3.38. The number of carbonyl (C=O) groups excluding carboxylic acids is 2. The van der Waals surface area contributed by atoms with Crippen LogP contribution in [0, 0.1) is 29.3 Å². The fourth-order valence-electron chi connectivity index (χ4n) is 5.22. The summed E-state index contributed by atoms with van der Waals surface area (Å²) < 4.78 is 46.3. The molecule has 1 aliphatic heterocycles. The molecular formula is C24H29F3N4O3. The average molecular weight is 479 g/mol. The maximum absolute atomic E-state index is 14.1. The maximum atomic E-state index is 14.1.